The molecule has 1 aliphatic heterocycles. The van der Waals surface area contributed by atoms with E-state index in [4.69, 9.17) is 16.3 Å². The molecule has 2 rings (SSSR count). The van der Waals surface area contributed by atoms with Gasteiger partial charge in [-0.3, -0.25) is 4.79 Å². The minimum Gasteiger partial charge on any atom is -0.482 e. The average Bonchev–Trinajstić information content (AvgIpc) is 2.46. The molecule has 23 heavy (non-hydrogen) atoms. The first-order chi connectivity index (χ1) is 10.8. The summed E-state index contributed by atoms with van der Waals surface area (Å²) in [5, 5.41) is 3.28. The van der Waals surface area contributed by atoms with Crippen molar-refractivity contribution in [1.29, 1.82) is 0 Å². The van der Waals surface area contributed by atoms with Crippen LogP contribution in [0.2, 0.25) is 5.02 Å². The number of rotatable bonds is 5. The van der Waals surface area contributed by atoms with Gasteiger partial charge in [-0.05, 0) is 31.0 Å². The third-order valence-corrected chi connectivity index (χ3v) is 5.63. The van der Waals surface area contributed by atoms with E-state index in [1.807, 2.05) is 0 Å². The molecule has 0 atom stereocenters. The Morgan fingerprint density at radius 1 is 1.43 bits per heavy atom. The number of carbonyl (C=O) groups is 1. The van der Waals surface area contributed by atoms with E-state index in [2.05, 4.69) is 21.2 Å². The number of halogens is 2. The van der Waals surface area contributed by atoms with Crippen LogP contribution in [-0.2, 0) is 14.8 Å². The molecule has 1 amide bonds. The fourth-order valence-corrected chi connectivity index (χ4v) is 3.94. The molecular weight excluding hydrogens is 408 g/mol. The van der Waals surface area contributed by atoms with Gasteiger partial charge in [-0.2, -0.15) is 0 Å². The Kier molecular flexibility index (Phi) is 6.30. The second-order valence-corrected chi connectivity index (χ2v) is 8.67. The largest absolute Gasteiger partial charge is 0.482 e. The van der Waals surface area contributed by atoms with Crippen molar-refractivity contribution in [2.45, 2.75) is 18.9 Å². The van der Waals surface area contributed by atoms with Crippen molar-refractivity contribution in [2.75, 3.05) is 26.0 Å². The molecule has 0 radical (unpaired) electrons. The molecule has 9 heteroatoms. The van der Waals surface area contributed by atoms with Gasteiger partial charge >= 0.3 is 0 Å². The van der Waals surface area contributed by atoms with E-state index in [-0.39, 0.29) is 18.6 Å². The lowest BCUT2D eigenvalue weighted by atomic mass is 10.1. The SMILES string of the molecule is CS(=O)(=O)N1CCC(NC(=O)COc2ccc(Br)cc2Cl)CC1. The standard InChI is InChI=1S/C14H18BrClN2O4S/c1-23(20,21)18-6-4-11(5-7-18)17-14(19)9-22-13-3-2-10(15)8-12(13)16/h2-3,8,11H,4-7,9H2,1H3,(H,17,19). The Morgan fingerprint density at radius 2 is 2.09 bits per heavy atom. The molecule has 1 fully saturated rings. The zero-order valence-electron chi connectivity index (χ0n) is 12.6. The highest BCUT2D eigenvalue weighted by atomic mass is 79.9. The summed E-state index contributed by atoms with van der Waals surface area (Å²) < 4.78 is 30.5. The van der Waals surface area contributed by atoms with Crippen LogP contribution < -0.4 is 10.1 Å². The van der Waals surface area contributed by atoms with E-state index < -0.39 is 10.0 Å². The molecule has 1 aliphatic rings. The Morgan fingerprint density at radius 3 is 2.65 bits per heavy atom. The van der Waals surface area contributed by atoms with Gasteiger partial charge in [-0.1, -0.05) is 27.5 Å². The molecule has 1 saturated heterocycles. The van der Waals surface area contributed by atoms with Gasteiger partial charge in [0.1, 0.15) is 5.75 Å². The number of piperidine rings is 1. The predicted molar refractivity (Wildman–Crippen MR) is 92.2 cm³/mol. The van der Waals surface area contributed by atoms with Crippen molar-refractivity contribution in [2.24, 2.45) is 0 Å². The molecule has 1 heterocycles. The summed E-state index contributed by atoms with van der Waals surface area (Å²) in [4.78, 5) is 11.9. The highest BCUT2D eigenvalue weighted by molar-refractivity contribution is 9.10. The number of hydrogen-bond donors (Lipinski definition) is 1. The van der Waals surface area contributed by atoms with Crippen molar-refractivity contribution >= 4 is 43.5 Å². The van der Waals surface area contributed by atoms with Crippen molar-refractivity contribution in [1.82, 2.24) is 9.62 Å². The maximum Gasteiger partial charge on any atom is 0.258 e. The number of carbonyl (C=O) groups excluding carboxylic acids is 1. The minimum absolute atomic E-state index is 0.0375. The van der Waals surface area contributed by atoms with E-state index in [0.717, 1.165) is 4.47 Å². The second-order valence-electron chi connectivity index (χ2n) is 5.37. The van der Waals surface area contributed by atoms with Crippen LogP contribution in [0.15, 0.2) is 22.7 Å². The lowest BCUT2D eigenvalue weighted by Gasteiger charge is -2.30. The summed E-state index contributed by atoms with van der Waals surface area (Å²) in [7, 11) is -3.15. The summed E-state index contributed by atoms with van der Waals surface area (Å²) >= 11 is 9.31. The van der Waals surface area contributed by atoms with Gasteiger partial charge in [0.05, 0.1) is 11.3 Å². The molecule has 1 aromatic carbocycles. The molecule has 1 aromatic rings. The van der Waals surface area contributed by atoms with Crippen LogP contribution >= 0.6 is 27.5 Å². The Balaban J connectivity index is 1.78. The predicted octanol–water partition coefficient (Wildman–Crippen LogP) is 2.02. The maximum absolute atomic E-state index is 11.9. The zero-order chi connectivity index (χ0) is 17.0. The van der Waals surface area contributed by atoms with Crippen LogP contribution in [0.1, 0.15) is 12.8 Å². The summed E-state index contributed by atoms with van der Waals surface area (Å²) in [5.41, 5.74) is 0. The molecule has 0 saturated carbocycles. The van der Waals surface area contributed by atoms with Gasteiger partial charge in [-0.15, -0.1) is 0 Å². The van der Waals surface area contributed by atoms with Crippen LogP contribution in [0.3, 0.4) is 0 Å². The first-order valence-corrected chi connectivity index (χ1v) is 10.1. The van der Waals surface area contributed by atoms with E-state index in [1.165, 1.54) is 10.6 Å². The van der Waals surface area contributed by atoms with Crippen molar-refractivity contribution < 1.29 is 17.9 Å². The fourth-order valence-electron chi connectivity index (χ4n) is 2.34. The zero-order valence-corrected chi connectivity index (χ0v) is 15.7. The van der Waals surface area contributed by atoms with E-state index >= 15 is 0 Å². The Hall–Kier alpha value is -0.830. The third kappa shape index (κ3) is 5.63. The van der Waals surface area contributed by atoms with Crippen LogP contribution in [0.4, 0.5) is 0 Å². The van der Waals surface area contributed by atoms with Gasteiger partial charge in [0.25, 0.3) is 5.91 Å². The van der Waals surface area contributed by atoms with Crippen molar-refractivity contribution in [3.8, 4) is 5.75 Å². The second kappa shape index (κ2) is 7.83. The lowest BCUT2D eigenvalue weighted by Crippen LogP contribution is -2.47. The van der Waals surface area contributed by atoms with E-state index in [9.17, 15) is 13.2 Å². The number of amides is 1. The topological polar surface area (TPSA) is 75.7 Å². The van der Waals surface area contributed by atoms with Crippen LogP contribution in [0.25, 0.3) is 0 Å². The van der Waals surface area contributed by atoms with Crippen LogP contribution in [0, 0.1) is 0 Å². The Labute approximate surface area is 149 Å². The number of nitrogens with zero attached hydrogens (tertiary/aromatic N) is 1. The number of nitrogens with one attached hydrogen (secondary N) is 1. The molecule has 1 N–H and O–H groups in total. The van der Waals surface area contributed by atoms with Crippen molar-refractivity contribution in [3.63, 3.8) is 0 Å². The van der Waals surface area contributed by atoms with Crippen LogP contribution in [0.5, 0.6) is 5.75 Å². The van der Waals surface area contributed by atoms with E-state index in [1.54, 1.807) is 18.2 Å². The first kappa shape index (κ1) is 18.5. The van der Waals surface area contributed by atoms with E-state index in [0.29, 0.717) is 36.7 Å². The van der Waals surface area contributed by atoms with Crippen molar-refractivity contribution in [3.05, 3.63) is 27.7 Å². The summed E-state index contributed by atoms with van der Waals surface area (Å²) in [6.07, 6.45) is 2.39. The molecule has 0 bridgehead atoms. The summed E-state index contributed by atoms with van der Waals surface area (Å²) in [5.74, 6) is 0.193. The highest BCUT2D eigenvalue weighted by Crippen LogP contribution is 2.27. The third-order valence-electron chi connectivity index (χ3n) is 3.54. The molecule has 128 valence electrons. The molecule has 0 spiro atoms. The summed E-state index contributed by atoms with van der Waals surface area (Å²) in [6.45, 7) is 0.708. The quantitative estimate of drug-likeness (QED) is 0.783. The minimum atomic E-state index is -3.15. The molecule has 0 aromatic heterocycles. The van der Waals surface area contributed by atoms with Gasteiger partial charge in [0.15, 0.2) is 6.61 Å². The normalized spacial score (nSPS) is 17.0. The van der Waals surface area contributed by atoms with Gasteiger partial charge in [0, 0.05) is 23.6 Å². The smallest absolute Gasteiger partial charge is 0.258 e. The molecule has 0 unspecified atom stereocenters. The fraction of sp³-hybridized carbons (Fsp3) is 0.500. The number of sulfonamides is 1. The van der Waals surface area contributed by atoms with Gasteiger partial charge in [0.2, 0.25) is 10.0 Å². The van der Waals surface area contributed by atoms with Gasteiger partial charge < -0.3 is 10.1 Å². The highest BCUT2D eigenvalue weighted by Gasteiger charge is 2.25. The summed E-state index contributed by atoms with van der Waals surface area (Å²) in [6, 6.07) is 5.12. The van der Waals surface area contributed by atoms with Gasteiger partial charge in [-0.25, -0.2) is 12.7 Å². The lowest BCUT2D eigenvalue weighted by molar-refractivity contribution is -0.124. The molecular formula is C14H18BrClN2O4S. The average molecular weight is 426 g/mol. The van der Waals surface area contributed by atoms with Crippen LogP contribution in [-0.4, -0.2) is 50.6 Å². The molecule has 6 nitrogen and oxygen atoms in total. The monoisotopic (exact) mass is 424 g/mol. The number of hydrogen-bond acceptors (Lipinski definition) is 4. The maximum atomic E-state index is 11.9. The molecule has 0 aliphatic carbocycles. The number of benzene rings is 1. The number of ether oxygens (including phenoxy) is 1. The first-order valence-electron chi connectivity index (χ1n) is 7.08. The Bertz CT molecular complexity index is 675.